The van der Waals surface area contributed by atoms with E-state index in [1.165, 1.54) is 11.3 Å². The van der Waals surface area contributed by atoms with Gasteiger partial charge in [0.2, 0.25) is 5.91 Å². The Morgan fingerprint density at radius 3 is 2.54 bits per heavy atom. The predicted molar refractivity (Wildman–Crippen MR) is 91.5 cm³/mol. The van der Waals surface area contributed by atoms with Gasteiger partial charge in [-0.2, -0.15) is 0 Å². The summed E-state index contributed by atoms with van der Waals surface area (Å²) >= 11 is 1.35. The molecular formula is C18H16N2O3S. The van der Waals surface area contributed by atoms with E-state index in [1.54, 1.807) is 0 Å². The summed E-state index contributed by atoms with van der Waals surface area (Å²) in [6.07, 6.45) is 4.66. The number of anilines is 1. The monoisotopic (exact) mass is 340 g/mol. The summed E-state index contributed by atoms with van der Waals surface area (Å²) in [5.74, 6) is -2.29. The number of thiazole rings is 1. The van der Waals surface area contributed by atoms with Crippen LogP contribution in [0.2, 0.25) is 0 Å². The number of fused-ring (bicyclic) bond motifs is 2. The lowest BCUT2D eigenvalue weighted by molar-refractivity contribution is -0.146. The molecule has 1 amide bonds. The van der Waals surface area contributed by atoms with E-state index in [9.17, 15) is 14.7 Å². The smallest absolute Gasteiger partial charge is 0.307 e. The number of rotatable bonds is 4. The highest BCUT2D eigenvalue weighted by molar-refractivity contribution is 7.14. The molecule has 5 nitrogen and oxygen atoms in total. The Bertz CT molecular complexity index is 815. The van der Waals surface area contributed by atoms with Gasteiger partial charge in [0.1, 0.15) is 0 Å². The molecule has 6 heteroatoms. The first-order valence-electron chi connectivity index (χ1n) is 7.86. The van der Waals surface area contributed by atoms with Gasteiger partial charge in [0.05, 0.1) is 17.5 Å². The summed E-state index contributed by atoms with van der Waals surface area (Å²) < 4.78 is 0. The number of carboxylic acids is 1. The number of aromatic nitrogens is 1. The molecular weight excluding hydrogens is 324 g/mol. The zero-order valence-corrected chi connectivity index (χ0v) is 13.6. The second-order valence-corrected chi connectivity index (χ2v) is 7.09. The van der Waals surface area contributed by atoms with E-state index >= 15 is 0 Å². The van der Waals surface area contributed by atoms with Crippen LogP contribution in [0.4, 0.5) is 5.13 Å². The van der Waals surface area contributed by atoms with Crippen molar-refractivity contribution in [2.45, 2.75) is 6.42 Å². The summed E-state index contributed by atoms with van der Waals surface area (Å²) in [4.78, 5) is 28.6. The lowest BCUT2D eigenvalue weighted by atomic mass is 9.82. The van der Waals surface area contributed by atoms with E-state index < -0.39 is 17.8 Å². The summed E-state index contributed by atoms with van der Waals surface area (Å²) in [6.45, 7) is 0. The minimum absolute atomic E-state index is 0.0182. The topological polar surface area (TPSA) is 79.3 Å². The molecule has 1 heterocycles. The lowest BCUT2D eigenvalue weighted by Gasteiger charge is -2.23. The first-order chi connectivity index (χ1) is 11.6. The summed E-state index contributed by atoms with van der Waals surface area (Å²) in [5, 5.41) is 14.7. The van der Waals surface area contributed by atoms with Crippen molar-refractivity contribution in [3.8, 4) is 11.3 Å². The molecule has 0 radical (unpaired) electrons. The third kappa shape index (κ3) is 2.53. The second-order valence-electron chi connectivity index (χ2n) is 6.23. The number of nitrogens with one attached hydrogen (secondary N) is 1. The molecule has 2 aliphatic rings. The van der Waals surface area contributed by atoms with E-state index in [0.717, 1.165) is 17.7 Å². The molecule has 4 atom stereocenters. The molecule has 24 heavy (non-hydrogen) atoms. The Labute approximate surface area is 143 Å². The highest BCUT2D eigenvalue weighted by Crippen LogP contribution is 2.48. The third-order valence-corrected chi connectivity index (χ3v) is 5.61. The molecule has 2 bridgehead atoms. The van der Waals surface area contributed by atoms with Crippen molar-refractivity contribution in [3.63, 3.8) is 0 Å². The highest BCUT2D eigenvalue weighted by Gasteiger charge is 2.51. The normalized spacial score (nSPS) is 27.3. The molecule has 4 rings (SSSR count). The van der Waals surface area contributed by atoms with Crippen molar-refractivity contribution in [1.82, 2.24) is 4.98 Å². The van der Waals surface area contributed by atoms with Crippen LogP contribution in [0.25, 0.3) is 11.3 Å². The van der Waals surface area contributed by atoms with Crippen LogP contribution in [0.1, 0.15) is 6.42 Å². The largest absolute Gasteiger partial charge is 0.481 e. The van der Waals surface area contributed by atoms with Gasteiger partial charge in [0, 0.05) is 10.9 Å². The molecule has 2 aromatic rings. The Morgan fingerprint density at radius 1 is 1.12 bits per heavy atom. The summed E-state index contributed by atoms with van der Waals surface area (Å²) in [5.41, 5.74) is 1.79. The zero-order valence-electron chi connectivity index (χ0n) is 12.8. The maximum atomic E-state index is 12.6. The number of hydrogen-bond donors (Lipinski definition) is 2. The lowest BCUT2D eigenvalue weighted by Crippen LogP contribution is -2.36. The van der Waals surface area contributed by atoms with E-state index in [4.69, 9.17) is 0 Å². The minimum Gasteiger partial charge on any atom is -0.481 e. The average molecular weight is 340 g/mol. The number of benzene rings is 1. The zero-order chi connectivity index (χ0) is 16.7. The number of allylic oxidation sites excluding steroid dienone is 2. The molecule has 1 fully saturated rings. The Kier molecular flexibility index (Phi) is 3.69. The van der Waals surface area contributed by atoms with Crippen molar-refractivity contribution < 1.29 is 14.7 Å². The number of hydrogen-bond acceptors (Lipinski definition) is 4. The van der Waals surface area contributed by atoms with E-state index in [1.807, 2.05) is 47.9 Å². The van der Waals surface area contributed by atoms with Gasteiger partial charge in [0.25, 0.3) is 0 Å². The molecule has 2 aliphatic carbocycles. The number of aliphatic carboxylic acids is 1. The van der Waals surface area contributed by atoms with Gasteiger partial charge in [-0.15, -0.1) is 11.3 Å². The molecule has 1 aromatic heterocycles. The van der Waals surface area contributed by atoms with Crippen LogP contribution in [-0.2, 0) is 9.59 Å². The summed E-state index contributed by atoms with van der Waals surface area (Å²) in [7, 11) is 0. The van der Waals surface area contributed by atoms with Crippen molar-refractivity contribution in [2.75, 3.05) is 5.32 Å². The van der Waals surface area contributed by atoms with Crippen LogP contribution in [0.3, 0.4) is 0 Å². The molecule has 122 valence electrons. The van der Waals surface area contributed by atoms with Gasteiger partial charge < -0.3 is 10.4 Å². The first-order valence-corrected chi connectivity index (χ1v) is 8.74. The number of carbonyl (C=O) groups excluding carboxylic acids is 1. The molecule has 1 saturated carbocycles. The first kappa shape index (κ1) is 15.1. The fourth-order valence-electron chi connectivity index (χ4n) is 3.78. The molecule has 0 unspecified atom stereocenters. The van der Waals surface area contributed by atoms with Gasteiger partial charge in [-0.3, -0.25) is 9.59 Å². The van der Waals surface area contributed by atoms with Gasteiger partial charge in [-0.05, 0) is 18.3 Å². The van der Waals surface area contributed by atoms with Crippen LogP contribution >= 0.6 is 11.3 Å². The number of carboxylic acid groups (broad SMARTS) is 1. The molecule has 1 aromatic carbocycles. The fourth-order valence-corrected chi connectivity index (χ4v) is 4.50. The maximum Gasteiger partial charge on any atom is 0.307 e. The van der Waals surface area contributed by atoms with Gasteiger partial charge in [0.15, 0.2) is 5.13 Å². The molecule has 0 saturated heterocycles. The van der Waals surface area contributed by atoms with E-state index in [2.05, 4.69) is 10.3 Å². The quantitative estimate of drug-likeness (QED) is 0.837. The summed E-state index contributed by atoms with van der Waals surface area (Å²) in [6, 6.07) is 9.73. The predicted octanol–water partition coefficient (Wildman–Crippen LogP) is 3.27. The highest BCUT2D eigenvalue weighted by atomic mass is 32.1. The maximum absolute atomic E-state index is 12.6. The standard InChI is InChI=1S/C18H16N2O3S/c21-16(14-11-6-7-12(8-11)15(14)17(22)23)20-18-19-13(9-24-18)10-4-2-1-3-5-10/h1-7,9,11-12,14-15H,8H2,(H,22,23)(H,19,20,21)/t11-,12-,14+,15-/m0/s1. The SMILES string of the molecule is O=C(O)[C@@H]1[C@H](C(=O)Nc2nc(-c3ccccc3)cs2)[C@H]2C=C[C@H]1C2. The van der Waals surface area contributed by atoms with Gasteiger partial charge in [-0.25, -0.2) is 4.98 Å². The fraction of sp³-hybridized carbons (Fsp3) is 0.278. The average Bonchev–Trinajstić information content (AvgIpc) is 3.30. The van der Waals surface area contributed by atoms with Gasteiger partial charge >= 0.3 is 5.97 Å². The Morgan fingerprint density at radius 2 is 1.83 bits per heavy atom. The van der Waals surface area contributed by atoms with Crippen LogP contribution in [0.5, 0.6) is 0 Å². The number of carbonyl (C=O) groups is 2. The molecule has 0 aliphatic heterocycles. The minimum atomic E-state index is -0.892. The third-order valence-electron chi connectivity index (χ3n) is 4.85. The molecule has 2 N–H and O–H groups in total. The van der Waals surface area contributed by atoms with Crippen molar-refractivity contribution in [1.29, 1.82) is 0 Å². The van der Waals surface area contributed by atoms with Crippen molar-refractivity contribution >= 4 is 28.3 Å². The number of nitrogens with zero attached hydrogens (tertiary/aromatic N) is 1. The van der Waals surface area contributed by atoms with Crippen LogP contribution in [0, 0.1) is 23.7 Å². The van der Waals surface area contributed by atoms with Crippen LogP contribution in [-0.4, -0.2) is 22.0 Å². The van der Waals surface area contributed by atoms with Gasteiger partial charge in [-0.1, -0.05) is 42.5 Å². The van der Waals surface area contributed by atoms with E-state index in [0.29, 0.717) is 5.13 Å². The Balaban J connectivity index is 1.52. The van der Waals surface area contributed by atoms with Crippen LogP contribution < -0.4 is 5.32 Å². The van der Waals surface area contributed by atoms with E-state index in [-0.39, 0.29) is 17.7 Å². The molecule has 0 spiro atoms. The van der Waals surface area contributed by atoms with Crippen molar-refractivity contribution in [2.24, 2.45) is 23.7 Å². The van der Waals surface area contributed by atoms with Crippen LogP contribution in [0.15, 0.2) is 47.9 Å². The number of amides is 1. The van der Waals surface area contributed by atoms with Crippen molar-refractivity contribution in [3.05, 3.63) is 47.9 Å². The Hall–Kier alpha value is -2.47. The second kappa shape index (κ2) is 5.87.